The summed E-state index contributed by atoms with van der Waals surface area (Å²) in [6.07, 6.45) is 1.39. The fraction of sp³-hybridized carbons (Fsp3) is 0.379. The molecule has 3 rings (SSSR count). The Bertz CT molecular complexity index is 1080. The van der Waals surface area contributed by atoms with Gasteiger partial charge in [-0.05, 0) is 62.9 Å². The van der Waals surface area contributed by atoms with Crippen LogP contribution in [0.25, 0.3) is 0 Å². The summed E-state index contributed by atoms with van der Waals surface area (Å²) >= 11 is 0. The summed E-state index contributed by atoms with van der Waals surface area (Å²) in [5.74, 6) is 1.30. The molecule has 0 saturated carbocycles. The average Bonchev–Trinajstić information content (AvgIpc) is 3.28. The van der Waals surface area contributed by atoms with Crippen LogP contribution in [0.2, 0.25) is 0 Å². The van der Waals surface area contributed by atoms with Crippen molar-refractivity contribution < 1.29 is 18.7 Å². The molecule has 0 aliphatic carbocycles. The zero-order valence-electron chi connectivity index (χ0n) is 21.0. The van der Waals surface area contributed by atoms with E-state index in [1.54, 1.807) is 9.80 Å². The van der Waals surface area contributed by atoms with Gasteiger partial charge in [-0.2, -0.15) is 0 Å². The van der Waals surface area contributed by atoms with Gasteiger partial charge in [0.2, 0.25) is 5.91 Å². The highest BCUT2D eigenvalue weighted by Gasteiger charge is 2.24. The number of hydrogen-bond acceptors (Lipinski definition) is 4. The molecule has 6 heteroatoms. The first-order valence-electron chi connectivity index (χ1n) is 12.3. The number of carbonyl (C=O) groups excluding carboxylic acids is 2. The highest BCUT2D eigenvalue weighted by molar-refractivity contribution is 5.97. The summed E-state index contributed by atoms with van der Waals surface area (Å²) < 4.78 is 11.2. The molecule has 0 aliphatic heterocycles. The zero-order chi connectivity index (χ0) is 25.0. The number of ether oxygens (including phenoxy) is 1. The minimum atomic E-state index is -0.134. The number of furan rings is 1. The van der Waals surface area contributed by atoms with Crippen LogP contribution in [0, 0.1) is 13.8 Å². The maximum atomic E-state index is 13.6. The normalized spacial score (nSPS) is 10.8. The Hall–Kier alpha value is -3.38. The van der Waals surface area contributed by atoms with Crippen LogP contribution in [-0.4, -0.2) is 54.5 Å². The molecule has 0 saturated heterocycles. The minimum absolute atomic E-state index is 0.00771. The van der Waals surface area contributed by atoms with E-state index < -0.39 is 0 Å². The number of hydrogen-bond donors (Lipinski definition) is 0. The van der Waals surface area contributed by atoms with Crippen LogP contribution in [0.3, 0.4) is 0 Å². The van der Waals surface area contributed by atoms with Gasteiger partial charge in [-0.1, -0.05) is 48.5 Å². The van der Waals surface area contributed by atoms with Gasteiger partial charge in [-0.3, -0.25) is 9.59 Å². The fourth-order valence-corrected chi connectivity index (χ4v) is 3.96. The highest BCUT2D eigenvalue weighted by Crippen LogP contribution is 2.14. The van der Waals surface area contributed by atoms with E-state index in [9.17, 15) is 9.59 Å². The molecule has 0 atom stereocenters. The third-order valence-electron chi connectivity index (χ3n) is 5.92. The Labute approximate surface area is 208 Å². The lowest BCUT2D eigenvalue weighted by atomic mass is 10.1. The largest absolute Gasteiger partial charge is 0.464 e. The molecule has 3 aromatic rings. The van der Waals surface area contributed by atoms with Crippen molar-refractivity contribution in [1.82, 2.24) is 9.80 Å². The molecule has 35 heavy (non-hydrogen) atoms. The van der Waals surface area contributed by atoms with Crippen molar-refractivity contribution in [3.8, 4) is 0 Å². The quantitative estimate of drug-likeness (QED) is 0.324. The van der Waals surface area contributed by atoms with Gasteiger partial charge in [0.05, 0.1) is 6.54 Å². The Balaban J connectivity index is 1.76. The molecule has 2 amide bonds. The summed E-state index contributed by atoms with van der Waals surface area (Å²) in [5, 5.41) is 0. The van der Waals surface area contributed by atoms with E-state index in [1.807, 2.05) is 75.4 Å². The first-order valence-corrected chi connectivity index (χ1v) is 12.3. The lowest BCUT2D eigenvalue weighted by Crippen LogP contribution is -2.44. The Kier molecular flexibility index (Phi) is 10.1. The molecule has 0 bridgehead atoms. The van der Waals surface area contributed by atoms with Crippen LogP contribution in [0.1, 0.15) is 46.3 Å². The van der Waals surface area contributed by atoms with E-state index >= 15 is 0 Å². The van der Waals surface area contributed by atoms with Crippen LogP contribution in [-0.2, 0) is 22.5 Å². The summed E-state index contributed by atoms with van der Waals surface area (Å²) in [6.45, 7) is 8.28. The first-order chi connectivity index (χ1) is 17.0. The van der Waals surface area contributed by atoms with E-state index in [2.05, 4.69) is 12.1 Å². The number of carbonyl (C=O) groups is 2. The van der Waals surface area contributed by atoms with Crippen molar-refractivity contribution in [1.29, 1.82) is 0 Å². The molecule has 1 aromatic heterocycles. The van der Waals surface area contributed by atoms with Crippen molar-refractivity contribution >= 4 is 11.8 Å². The molecule has 186 valence electrons. The molecule has 1 heterocycles. The molecule has 0 fully saturated rings. The molecule has 0 radical (unpaired) electrons. The molecule has 6 nitrogen and oxygen atoms in total. The zero-order valence-corrected chi connectivity index (χ0v) is 21.0. The first kappa shape index (κ1) is 26.2. The second-order valence-corrected chi connectivity index (χ2v) is 8.66. The summed E-state index contributed by atoms with van der Waals surface area (Å²) in [7, 11) is 0. The molecule has 2 aromatic carbocycles. The van der Waals surface area contributed by atoms with Gasteiger partial charge in [0.25, 0.3) is 5.91 Å². The lowest BCUT2D eigenvalue weighted by Gasteiger charge is -2.28. The number of amides is 2. The SMILES string of the molecule is CCOCCCN(CC(=O)N(CCc1ccccc1)Cc1ccc(C)o1)C(=O)c1ccccc1C. The van der Waals surface area contributed by atoms with Crippen molar-refractivity contribution in [3.05, 3.63) is 94.9 Å². The highest BCUT2D eigenvalue weighted by atomic mass is 16.5. The van der Waals surface area contributed by atoms with Crippen molar-refractivity contribution in [2.45, 2.75) is 40.2 Å². The summed E-state index contributed by atoms with van der Waals surface area (Å²) in [5.41, 5.74) is 2.67. The maximum absolute atomic E-state index is 13.6. The summed E-state index contributed by atoms with van der Waals surface area (Å²) in [6, 6.07) is 21.4. The van der Waals surface area contributed by atoms with Gasteiger partial charge in [0, 0.05) is 31.9 Å². The number of aryl methyl sites for hydroxylation is 2. The van der Waals surface area contributed by atoms with E-state index in [4.69, 9.17) is 9.15 Å². The van der Waals surface area contributed by atoms with Crippen LogP contribution in [0.15, 0.2) is 71.1 Å². The summed E-state index contributed by atoms with van der Waals surface area (Å²) in [4.78, 5) is 30.4. The van der Waals surface area contributed by atoms with Crippen molar-refractivity contribution in [2.24, 2.45) is 0 Å². The Morgan fingerprint density at radius 1 is 0.886 bits per heavy atom. The van der Waals surface area contributed by atoms with Crippen LogP contribution in [0.4, 0.5) is 0 Å². The van der Waals surface area contributed by atoms with Gasteiger partial charge in [-0.25, -0.2) is 0 Å². The molecular weight excluding hydrogens is 440 g/mol. The van der Waals surface area contributed by atoms with Crippen molar-refractivity contribution in [2.75, 3.05) is 32.8 Å². The second-order valence-electron chi connectivity index (χ2n) is 8.66. The lowest BCUT2D eigenvalue weighted by molar-refractivity contribution is -0.132. The van der Waals surface area contributed by atoms with E-state index in [-0.39, 0.29) is 18.4 Å². The Morgan fingerprint density at radius 2 is 1.63 bits per heavy atom. The fourth-order valence-electron chi connectivity index (χ4n) is 3.96. The van der Waals surface area contributed by atoms with Crippen molar-refractivity contribution in [3.63, 3.8) is 0 Å². The number of benzene rings is 2. The molecule has 0 aliphatic rings. The average molecular weight is 477 g/mol. The number of rotatable bonds is 13. The molecule has 0 spiro atoms. The maximum Gasteiger partial charge on any atom is 0.254 e. The van der Waals surface area contributed by atoms with Gasteiger partial charge in [0.1, 0.15) is 18.1 Å². The van der Waals surface area contributed by atoms with Crippen LogP contribution in [0.5, 0.6) is 0 Å². The second kappa shape index (κ2) is 13.5. The standard InChI is InChI=1S/C29H36N2O4/c1-4-34-20-10-18-31(29(33)27-14-9-8-11-23(27)2)22-28(32)30(21-26-16-15-24(3)35-26)19-17-25-12-6-5-7-13-25/h5-9,11-16H,4,10,17-22H2,1-3H3. The predicted octanol–water partition coefficient (Wildman–Crippen LogP) is 5.04. The van der Waals surface area contributed by atoms with Gasteiger partial charge in [-0.15, -0.1) is 0 Å². The topological polar surface area (TPSA) is 63.0 Å². The molecule has 0 N–H and O–H groups in total. The van der Waals surface area contributed by atoms with Gasteiger partial charge in [0.15, 0.2) is 0 Å². The van der Waals surface area contributed by atoms with Gasteiger partial charge < -0.3 is 19.0 Å². The molecule has 0 unspecified atom stereocenters. The third-order valence-corrected chi connectivity index (χ3v) is 5.92. The minimum Gasteiger partial charge on any atom is -0.464 e. The smallest absolute Gasteiger partial charge is 0.254 e. The molecular formula is C29H36N2O4. The number of nitrogens with zero attached hydrogens (tertiary/aromatic N) is 2. The predicted molar refractivity (Wildman–Crippen MR) is 137 cm³/mol. The Morgan fingerprint density at radius 3 is 2.31 bits per heavy atom. The van der Waals surface area contributed by atoms with Gasteiger partial charge >= 0.3 is 0 Å². The third kappa shape index (κ3) is 8.11. The van der Waals surface area contributed by atoms with Crippen LogP contribution >= 0.6 is 0 Å². The van der Waals surface area contributed by atoms with E-state index in [0.29, 0.717) is 44.8 Å². The monoisotopic (exact) mass is 476 g/mol. The van der Waals surface area contributed by atoms with E-state index in [0.717, 1.165) is 29.1 Å². The van der Waals surface area contributed by atoms with Crippen LogP contribution < -0.4 is 0 Å². The van der Waals surface area contributed by atoms with E-state index in [1.165, 1.54) is 0 Å².